The van der Waals surface area contributed by atoms with Crippen LogP contribution in [0.1, 0.15) is 21.6 Å². The molecule has 0 amide bonds. The first-order valence-corrected chi connectivity index (χ1v) is 10.3. The number of carbonyl (C=O) groups is 1. The van der Waals surface area contributed by atoms with Gasteiger partial charge in [0.2, 0.25) is 0 Å². The van der Waals surface area contributed by atoms with Gasteiger partial charge in [-0.1, -0.05) is 12.1 Å². The Morgan fingerprint density at radius 1 is 1.12 bits per heavy atom. The normalized spacial score (nSPS) is 11.0. The molecular formula is C24H24FN5O2. The van der Waals surface area contributed by atoms with E-state index in [1.54, 1.807) is 31.3 Å². The molecule has 0 spiro atoms. The maximum Gasteiger partial charge on any atom is 0.337 e. The van der Waals surface area contributed by atoms with E-state index in [2.05, 4.69) is 25.2 Å². The van der Waals surface area contributed by atoms with Gasteiger partial charge in [-0.15, -0.1) is 0 Å². The summed E-state index contributed by atoms with van der Waals surface area (Å²) in [6.45, 7) is 5.20. The molecule has 4 aromatic rings. The number of benzene rings is 2. The molecule has 0 unspecified atom stereocenters. The van der Waals surface area contributed by atoms with E-state index in [0.29, 0.717) is 35.7 Å². The number of aryl methyl sites for hydroxylation is 2. The van der Waals surface area contributed by atoms with Crippen molar-refractivity contribution in [1.29, 1.82) is 0 Å². The average Bonchev–Trinajstić information content (AvgIpc) is 3.13. The second-order valence-electron chi connectivity index (χ2n) is 7.59. The number of anilines is 2. The van der Waals surface area contributed by atoms with E-state index in [9.17, 15) is 14.3 Å². The zero-order chi connectivity index (χ0) is 22.8. The van der Waals surface area contributed by atoms with Gasteiger partial charge >= 0.3 is 5.97 Å². The minimum absolute atomic E-state index is 0.199. The van der Waals surface area contributed by atoms with Crippen LogP contribution in [0.15, 0.2) is 48.8 Å². The second-order valence-corrected chi connectivity index (χ2v) is 7.59. The van der Waals surface area contributed by atoms with Gasteiger partial charge < -0.3 is 20.3 Å². The van der Waals surface area contributed by atoms with Crippen LogP contribution in [-0.2, 0) is 6.54 Å². The summed E-state index contributed by atoms with van der Waals surface area (Å²) >= 11 is 0. The lowest BCUT2D eigenvalue weighted by Crippen LogP contribution is -2.12. The van der Waals surface area contributed by atoms with Crippen molar-refractivity contribution in [3.63, 3.8) is 0 Å². The molecule has 32 heavy (non-hydrogen) atoms. The van der Waals surface area contributed by atoms with Gasteiger partial charge in [-0.2, -0.15) is 0 Å². The minimum atomic E-state index is -0.992. The van der Waals surface area contributed by atoms with Gasteiger partial charge in [0.15, 0.2) is 0 Å². The molecule has 164 valence electrons. The molecule has 0 aliphatic carbocycles. The summed E-state index contributed by atoms with van der Waals surface area (Å²) in [5, 5.41) is 16.1. The van der Waals surface area contributed by atoms with Crippen LogP contribution in [0.5, 0.6) is 0 Å². The first kappa shape index (κ1) is 21.3. The predicted molar refractivity (Wildman–Crippen MR) is 124 cm³/mol. The predicted octanol–water partition coefficient (Wildman–Crippen LogP) is 4.71. The van der Waals surface area contributed by atoms with Crippen LogP contribution in [0, 0.1) is 19.7 Å². The first-order chi connectivity index (χ1) is 15.4. The summed E-state index contributed by atoms with van der Waals surface area (Å²) in [5.74, 6) is -0.551. The number of aromatic carboxylic acids is 1. The summed E-state index contributed by atoms with van der Waals surface area (Å²) in [5.41, 5.74) is 5.11. The third kappa shape index (κ3) is 3.99. The van der Waals surface area contributed by atoms with Crippen molar-refractivity contribution >= 4 is 28.4 Å². The van der Waals surface area contributed by atoms with Crippen molar-refractivity contribution in [2.75, 3.05) is 24.2 Å². The standard InChI is InChI=1S/C24H24FN5O2/c1-14-4-7-19(25)18-10-15(2)30(23(14)18)9-8-27-22-12-20(28-13-29-22)16-5-6-17(24(31)32)21(11-16)26-3/h4-7,10-13,26H,8-9H2,1-3H3,(H,31,32)(H,27,28,29). The molecule has 3 N–H and O–H groups in total. The van der Waals surface area contributed by atoms with Gasteiger partial charge in [0.1, 0.15) is 18.0 Å². The molecule has 0 atom stereocenters. The molecule has 0 aliphatic rings. The summed E-state index contributed by atoms with van der Waals surface area (Å²) in [6, 6.07) is 12.0. The highest BCUT2D eigenvalue weighted by molar-refractivity contribution is 5.95. The van der Waals surface area contributed by atoms with E-state index >= 15 is 0 Å². The SMILES string of the molecule is CNc1cc(-c2cc(NCCn3c(C)cc4c(F)ccc(C)c43)ncn2)ccc1C(=O)O. The van der Waals surface area contributed by atoms with Crippen molar-refractivity contribution in [1.82, 2.24) is 14.5 Å². The van der Waals surface area contributed by atoms with Crippen LogP contribution < -0.4 is 10.6 Å². The number of carboxylic acids is 1. The van der Waals surface area contributed by atoms with E-state index < -0.39 is 5.97 Å². The van der Waals surface area contributed by atoms with E-state index in [0.717, 1.165) is 22.3 Å². The lowest BCUT2D eigenvalue weighted by molar-refractivity contribution is 0.0698. The topological polar surface area (TPSA) is 92.1 Å². The van der Waals surface area contributed by atoms with E-state index in [-0.39, 0.29) is 11.4 Å². The quantitative estimate of drug-likeness (QED) is 0.391. The Morgan fingerprint density at radius 2 is 1.94 bits per heavy atom. The van der Waals surface area contributed by atoms with Crippen LogP contribution in [0.3, 0.4) is 0 Å². The largest absolute Gasteiger partial charge is 0.478 e. The zero-order valence-corrected chi connectivity index (χ0v) is 18.1. The van der Waals surface area contributed by atoms with Crippen LogP contribution >= 0.6 is 0 Å². The van der Waals surface area contributed by atoms with E-state index in [1.807, 2.05) is 26.0 Å². The third-order valence-electron chi connectivity index (χ3n) is 5.54. The summed E-state index contributed by atoms with van der Waals surface area (Å²) in [4.78, 5) is 20.0. The van der Waals surface area contributed by atoms with Gasteiger partial charge in [0.05, 0.1) is 16.8 Å². The molecule has 7 nitrogen and oxygen atoms in total. The van der Waals surface area contributed by atoms with Crippen LogP contribution in [0.4, 0.5) is 15.9 Å². The monoisotopic (exact) mass is 433 g/mol. The Bertz CT molecular complexity index is 1320. The first-order valence-electron chi connectivity index (χ1n) is 10.3. The number of hydrogen-bond donors (Lipinski definition) is 3. The smallest absolute Gasteiger partial charge is 0.337 e. The van der Waals surface area contributed by atoms with Gasteiger partial charge in [-0.3, -0.25) is 0 Å². The fourth-order valence-corrected chi connectivity index (χ4v) is 3.94. The number of fused-ring (bicyclic) bond motifs is 1. The molecule has 0 fully saturated rings. The Labute approximate surface area is 184 Å². The zero-order valence-electron chi connectivity index (χ0n) is 18.1. The van der Waals surface area contributed by atoms with E-state index in [4.69, 9.17) is 0 Å². The highest BCUT2D eigenvalue weighted by Crippen LogP contribution is 2.27. The fraction of sp³-hybridized carbons (Fsp3) is 0.208. The van der Waals surface area contributed by atoms with Gasteiger partial charge in [0, 0.05) is 48.5 Å². The molecule has 2 aromatic heterocycles. The molecule has 4 rings (SSSR count). The van der Waals surface area contributed by atoms with Gasteiger partial charge in [-0.25, -0.2) is 19.2 Å². The van der Waals surface area contributed by atoms with Crippen molar-refractivity contribution in [3.05, 3.63) is 71.4 Å². The van der Waals surface area contributed by atoms with Crippen LogP contribution in [0.25, 0.3) is 22.2 Å². The lowest BCUT2D eigenvalue weighted by atomic mass is 10.1. The molecule has 2 aromatic carbocycles. The highest BCUT2D eigenvalue weighted by atomic mass is 19.1. The molecule has 2 heterocycles. The number of halogens is 1. The molecule has 0 saturated heterocycles. The molecule has 0 aliphatic heterocycles. The Hall–Kier alpha value is -3.94. The molecule has 0 bridgehead atoms. The lowest BCUT2D eigenvalue weighted by Gasteiger charge is -2.12. The number of aromatic nitrogens is 3. The Morgan fingerprint density at radius 3 is 2.69 bits per heavy atom. The molecule has 0 saturated carbocycles. The summed E-state index contributed by atoms with van der Waals surface area (Å²) in [7, 11) is 1.68. The van der Waals surface area contributed by atoms with Crippen molar-refractivity contribution in [3.8, 4) is 11.3 Å². The number of rotatable bonds is 7. The molecule has 8 heteroatoms. The maximum atomic E-state index is 14.2. The minimum Gasteiger partial charge on any atom is -0.478 e. The van der Waals surface area contributed by atoms with E-state index in [1.165, 1.54) is 12.4 Å². The highest BCUT2D eigenvalue weighted by Gasteiger charge is 2.13. The molecule has 0 radical (unpaired) electrons. The Balaban J connectivity index is 1.53. The van der Waals surface area contributed by atoms with Crippen molar-refractivity contribution < 1.29 is 14.3 Å². The second kappa shape index (κ2) is 8.66. The van der Waals surface area contributed by atoms with Gasteiger partial charge in [0.25, 0.3) is 0 Å². The van der Waals surface area contributed by atoms with Crippen LogP contribution in [-0.4, -0.2) is 39.2 Å². The Kier molecular flexibility index (Phi) is 5.77. The number of carboxylic acid groups (broad SMARTS) is 1. The number of nitrogens with zero attached hydrogens (tertiary/aromatic N) is 3. The molecular weight excluding hydrogens is 409 g/mol. The van der Waals surface area contributed by atoms with Crippen molar-refractivity contribution in [2.24, 2.45) is 0 Å². The summed E-state index contributed by atoms with van der Waals surface area (Å²) < 4.78 is 16.3. The maximum absolute atomic E-state index is 14.2. The summed E-state index contributed by atoms with van der Waals surface area (Å²) in [6.07, 6.45) is 1.47. The third-order valence-corrected chi connectivity index (χ3v) is 5.54. The van der Waals surface area contributed by atoms with Crippen LogP contribution in [0.2, 0.25) is 0 Å². The number of nitrogens with one attached hydrogen (secondary N) is 2. The average molecular weight is 433 g/mol. The fourth-order valence-electron chi connectivity index (χ4n) is 3.94. The van der Waals surface area contributed by atoms with Crippen molar-refractivity contribution in [2.45, 2.75) is 20.4 Å². The number of hydrogen-bond acceptors (Lipinski definition) is 5. The van der Waals surface area contributed by atoms with Gasteiger partial charge in [-0.05, 0) is 43.7 Å².